The summed E-state index contributed by atoms with van der Waals surface area (Å²) in [7, 11) is 1.55. The third kappa shape index (κ3) is 4.35. The van der Waals surface area contributed by atoms with Gasteiger partial charge in [-0.2, -0.15) is 0 Å². The average molecular weight is 327 g/mol. The van der Waals surface area contributed by atoms with E-state index in [1.54, 1.807) is 32.2 Å². The molecule has 1 aromatic rings. The number of aliphatic hydroxyl groups is 1. The van der Waals surface area contributed by atoms with Gasteiger partial charge < -0.3 is 15.2 Å². The number of carbonyl (C=O) groups is 1. The minimum atomic E-state index is -0.436. The molecule has 2 rings (SSSR count). The molecule has 0 saturated carbocycles. The van der Waals surface area contributed by atoms with Gasteiger partial charge in [0, 0.05) is 11.1 Å². The summed E-state index contributed by atoms with van der Waals surface area (Å²) in [5, 5.41) is 13.2. The summed E-state index contributed by atoms with van der Waals surface area (Å²) < 4.78 is 5.22. The molecule has 2 N–H and O–H groups in total. The van der Waals surface area contributed by atoms with Crippen molar-refractivity contribution in [2.24, 2.45) is 0 Å². The van der Waals surface area contributed by atoms with Gasteiger partial charge in [0.2, 0.25) is 5.91 Å². The number of nitrogens with one attached hydrogen (secondary N) is 1. The van der Waals surface area contributed by atoms with Gasteiger partial charge in [-0.3, -0.25) is 9.69 Å². The Morgan fingerprint density at radius 2 is 2.32 bits per heavy atom. The van der Waals surface area contributed by atoms with Crippen LogP contribution in [0.15, 0.2) is 18.2 Å². The lowest BCUT2D eigenvalue weighted by molar-refractivity contribution is -0.118. The van der Waals surface area contributed by atoms with Crippen LogP contribution in [0.1, 0.15) is 26.2 Å². The highest BCUT2D eigenvalue weighted by Gasteiger charge is 2.27. The van der Waals surface area contributed by atoms with Crippen molar-refractivity contribution in [3.63, 3.8) is 0 Å². The van der Waals surface area contributed by atoms with E-state index in [9.17, 15) is 9.90 Å². The minimum Gasteiger partial charge on any atom is -0.495 e. The summed E-state index contributed by atoms with van der Waals surface area (Å²) in [6, 6.07) is 5.14. The van der Waals surface area contributed by atoms with Crippen molar-refractivity contribution < 1.29 is 14.6 Å². The molecule has 2 atom stereocenters. The Kier molecular flexibility index (Phi) is 6.06. The zero-order valence-electron chi connectivity index (χ0n) is 13.0. The molecule has 1 saturated heterocycles. The number of methoxy groups -OCH3 is 1. The zero-order valence-corrected chi connectivity index (χ0v) is 13.8. The molecule has 2 unspecified atom stereocenters. The Morgan fingerprint density at radius 1 is 1.55 bits per heavy atom. The molecular weight excluding hydrogens is 304 g/mol. The lowest BCUT2D eigenvalue weighted by Gasteiger charge is -2.36. The van der Waals surface area contributed by atoms with Gasteiger partial charge in [0.25, 0.3) is 0 Å². The van der Waals surface area contributed by atoms with Gasteiger partial charge >= 0.3 is 0 Å². The van der Waals surface area contributed by atoms with Crippen molar-refractivity contribution in [2.75, 3.05) is 25.5 Å². The van der Waals surface area contributed by atoms with E-state index in [1.807, 2.05) is 4.90 Å². The molecule has 1 aliphatic heterocycles. The van der Waals surface area contributed by atoms with Gasteiger partial charge in [-0.15, -0.1) is 0 Å². The number of aliphatic hydroxyl groups excluding tert-OH is 1. The number of anilines is 1. The number of benzene rings is 1. The third-order valence-electron chi connectivity index (χ3n) is 4.00. The first-order valence-corrected chi connectivity index (χ1v) is 7.94. The number of halogens is 1. The van der Waals surface area contributed by atoms with Crippen LogP contribution in [0.2, 0.25) is 5.02 Å². The topological polar surface area (TPSA) is 61.8 Å². The van der Waals surface area contributed by atoms with Crippen molar-refractivity contribution in [1.29, 1.82) is 0 Å². The van der Waals surface area contributed by atoms with Gasteiger partial charge in [-0.05, 0) is 44.5 Å². The highest BCUT2D eigenvalue weighted by Crippen LogP contribution is 2.28. The summed E-state index contributed by atoms with van der Waals surface area (Å²) in [5.41, 5.74) is 0.561. The van der Waals surface area contributed by atoms with Crippen LogP contribution in [0.3, 0.4) is 0 Å². The van der Waals surface area contributed by atoms with Gasteiger partial charge in [-0.25, -0.2) is 0 Å². The second kappa shape index (κ2) is 7.81. The van der Waals surface area contributed by atoms with E-state index in [1.165, 1.54) is 0 Å². The maximum absolute atomic E-state index is 12.3. The Labute approximate surface area is 136 Å². The van der Waals surface area contributed by atoms with E-state index < -0.39 is 6.10 Å². The first-order valence-electron chi connectivity index (χ1n) is 7.56. The second-order valence-electron chi connectivity index (χ2n) is 5.67. The van der Waals surface area contributed by atoms with E-state index in [0.717, 1.165) is 25.8 Å². The number of nitrogens with zero attached hydrogens (tertiary/aromatic N) is 1. The van der Waals surface area contributed by atoms with E-state index in [-0.39, 0.29) is 18.5 Å². The van der Waals surface area contributed by atoms with Crippen molar-refractivity contribution >= 4 is 23.2 Å². The summed E-state index contributed by atoms with van der Waals surface area (Å²) in [6.07, 6.45) is 2.63. The van der Waals surface area contributed by atoms with Crippen LogP contribution in [0.4, 0.5) is 5.69 Å². The molecule has 0 spiro atoms. The molecule has 1 aliphatic rings. The zero-order chi connectivity index (χ0) is 16.1. The molecule has 22 heavy (non-hydrogen) atoms. The molecule has 1 amide bonds. The maximum atomic E-state index is 12.3. The molecule has 0 bridgehead atoms. The smallest absolute Gasteiger partial charge is 0.238 e. The van der Waals surface area contributed by atoms with Gasteiger partial charge in [0.05, 0.1) is 25.4 Å². The molecule has 0 aliphatic carbocycles. The number of ether oxygens (including phenoxy) is 1. The van der Waals surface area contributed by atoms with E-state index in [4.69, 9.17) is 16.3 Å². The number of likely N-dealkylation sites (tertiary alicyclic amines) is 1. The second-order valence-corrected chi connectivity index (χ2v) is 6.10. The number of hydrogen-bond acceptors (Lipinski definition) is 4. The lowest BCUT2D eigenvalue weighted by Crippen LogP contribution is -2.48. The molecule has 1 heterocycles. The Hall–Kier alpha value is -1.30. The van der Waals surface area contributed by atoms with Crippen LogP contribution in [0, 0.1) is 0 Å². The number of amides is 1. The van der Waals surface area contributed by atoms with E-state index in [2.05, 4.69) is 5.32 Å². The summed E-state index contributed by atoms with van der Waals surface area (Å²) in [4.78, 5) is 14.3. The molecule has 1 aromatic carbocycles. The summed E-state index contributed by atoms with van der Waals surface area (Å²) in [6.45, 7) is 2.86. The SMILES string of the molecule is COc1ccc(Cl)cc1NC(=O)CN1CCCCC1C(C)O. The quantitative estimate of drug-likeness (QED) is 0.873. The normalized spacial score (nSPS) is 20.5. The number of rotatable bonds is 5. The van der Waals surface area contributed by atoms with Crippen LogP contribution in [-0.2, 0) is 4.79 Å². The Morgan fingerprint density at radius 3 is 3.00 bits per heavy atom. The van der Waals surface area contributed by atoms with Crippen LogP contribution in [0.5, 0.6) is 5.75 Å². The first-order chi connectivity index (χ1) is 10.5. The number of piperidine rings is 1. The highest BCUT2D eigenvalue weighted by molar-refractivity contribution is 6.31. The standard InChI is InChI=1S/C16H23ClN2O3/c1-11(20)14-5-3-4-8-19(14)10-16(21)18-13-9-12(17)6-7-15(13)22-2/h6-7,9,11,14,20H,3-5,8,10H2,1-2H3,(H,18,21). The van der Waals surface area contributed by atoms with Gasteiger partial charge in [-0.1, -0.05) is 18.0 Å². The van der Waals surface area contributed by atoms with E-state index >= 15 is 0 Å². The average Bonchev–Trinajstić information content (AvgIpc) is 2.47. The third-order valence-corrected chi connectivity index (χ3v) is 4.24. The van der Waals surface area contributed by atoms with Crippen LogP contribution in [0.25, 0.3) is 0 Å². The Balaban J connectivity index is 2.01. The molecule has 5 nitrogen and oxygen atoms in total. The van der Waals surface area contributed by atoms with Crippen LogP contribution < -0.4 is 10.1 Å². The fourth-order valence-corrected chi connectivity index (χ4v) is 3.08. The van der Waals surface area contributed by atoms with Crippen molar-refractivity contribution in [1.82, 2.24) is 4.90 Å². The fourth-order valence-electron chi connectivity index (χ4n) is 2.91. The molecule has 122 valence electrons. The van der Waals surface area contributed by atoms with Crippen molar-refractivity contribution in [2.45, 2.75) is 38.3 Å². The minimum absolute atomic E-state index is 0.0424. The molecular formula is C16H23ClN2O3. The molecule has 6 heteroatoms. The monoisotopic (exact) mass is 326 g/mol. The van der Waals surface area contributed by atoms with E-state index in [0.29, 0.717) is 16.5 Å². The summed E-state index contributed by atoms with van der Waals surface area (Å²) in [5.74, 6) is 0.441. The number of carbonyl (C=O) groups excluding carboxylic acids is 1. The predicted octanol–water partition coefficient (Wildman–Crippen LogP) is 2.52. The Bertz CT molecular complexity index is 522. The fraction of sp³-hybridized carbons (Fsp3) is 0.562. The largest absolute Gasteiger partial charge is 0.495 e. The number of hydrogen-bond donors (Lipinski definition) is 2. The summed E-state index contributed by atoms with van der Waals surface area (Å²) >= 11 is 5.96. The van der Waals surface area contributed by atoms with Crippen molar-refractivity contribution in [3.8, 4) is 5.75 Å². The van der Waals surface area contributed by atoms with Gasteiger partial charge in [0.1, 0.15) is 5.75 Å². The highest BCUT2D eigenvalue weighted by atomic mass is 35.5. The van der Waals surface area contributed by atoms with Crippen LogP contribution >= 0.6 is 11.6 Å². The van der Waals surface area contributed by atoms with Gasteiger partial charge in [0.15, 0.2) is 0 Å². The lowest BCUT2D eigenvalue weighted by atomic mass is 9.98. The van der Waals surface area contributed by atoms with Crippen molar-refractivity contribution in [3.05, 3.63) is 23.2 Å². The predicted molar refractivity (Wildman–Crippen MR) is 87.5 cm³/mol. The maximum Gasteiger partial charge on any atom is 0.238 e. The molecule has 0 aromatic heterocycles. The molecule has 0 radical (unpaired) electrons. The first kappa shape index (κ1) is 17.1. The van der Waals surface area contributed by atoms with Crippen LogP contribution in [-0.4, -0.2) is 48.3 Å². The molecule has 1 fully saturated rings.